The van der Waals surface area contributed by atoms with Gasteiger partial charge in [0.25, 0.3) is 11.8 Å². The molecule has 31 heavy (non-hydrogen) atoms. The van der Waals surface area contributed by atoms with Gasteiger partial charge >= 0.3 is 12.4 Å². The highest BCUT2D eigenvalue weighted by molar-refractivity contribution is 5.95. The molecule has 0 saturated heterocycles. The number of hydrogen-bond acceptors (Lipinski definition) is 3. The normalized spacial score (nSPS) is 14.6. The van der Waals surface area contributed by atoms with Gasteiger partial charge in [0.15, 0.2) is 0 Å². The molecule has 5 nitrogen and oxygen atoms in total. The minimum absolute atomic E-state index is 0.0256. The molecule has 1 aliphatic heterocycles. The number of carbonyl (C=O) groups excluding carboxylic acids is 2. The average Bonchev–Trinajstić information content (AvgIpc) is 2.92. The molecule has 11 heteroatoms. The first-order chi connectivity index (χ1) is 14.4. The monoisotopic (exact) mass is 446 g/mol. The quantitative estimate of drug-likeness (QED) is 0.408. The van der Waals surface area contributed by atoms with Crippen LogP contribution in [-0.4, -0.2) is 28.5 Å². The van der Waals surface area contributed by atoms with Crippen molar-refractivity contribution in [2.75, 3.05) is 6.54 Å². The lowest BCUT2D eigenvalue weighted by atomic mass is 10.0. The van der Waals surface area contributed by atoms with Crippen LogP contribution in [0.15, 0.2) is 36.4 Å². The highest BCUT2D eigenvalue weighted by atomic mass is 19.4. The van der Waals surface area contributed by atoms with Crippen molar-refractivity contribution in [3.8, 4) is 0 Å². The van der Waals surface area contributed by atoms with Gasteiger partial charge in [-0.05, 0) is 54.3 Å². The molecule has 2 aromatic carbocycles. The molecule has 0 unspecified atom stereocenters. The van der Waals surface area contributed by atoms with Crippen LogP contribution < -0.4 is 5.48 Å². The summed E-state index contributed by atoms with van der Waals surface area (Å²) in [6.45, 7) is 0.0550. The number of hydroxylamine groups is 1. The summed E-state index contributed by atoms with van der Waals surface area (Å²) in [7, 11) is 0. The number of rotatable bonds is 2. The fourth-order valence-electron chi connectivity index (χ4n) is 3.40. The third-order valence-corrected chi connectivity index (χ3v) is 4.93. The largest absolute Gasteiger partial charge is 0.416 e. The first-order valence-corrected chi connectivity index (χ1v) is 9.05. The molecular weight excluding hydrogens is 430 g/mol. The zero-order valence-corrected chi connectivity index (χ0v) is 15.8. The number of nitrogens with zero attached hydrogens (tertiary/aromatic N) is 1. The Balaban J connectivity index is 1.95. The predicted molar refractivity (Wildman–Crippen MR) is 95.2 cm³/mol. The van der Waals surface area contributed by atoms with Crippen molar-refractivity contribution >= 4 is 11.8 Å². The number of benzene rings is 2. The highest BCUT2D eigenvalue weighted by Crippen LogP contribution is 2.36. The SMILES string of the molecule is O=C(NO)c1ccc2c(c1)CCCN(C(=O)c1cc(C(F)(F)F)cc(C(F)(F)F)c1)C2. The second-order valence-corrected chi connectivity index (χ2v) is 7.05. The van der Waals surface area contributed by atoms with Gasteiger partial charge in [-0.3, -0.25) is 14.8 Å². The van der Waals surface area contributed by atoms with Gasteiger partial charge in [-0.2, -0.15) is 26.3 Å². The molecule has 0 radical (unpaired) electrons. The van der Waals surface area contributed by atoms with Gasteiger partial charge in [0, 0.05) is 24.2 Å². The van der Waals surface area contributed by atoms with E-state index < -0.39 is 40.9 Å². The first-order valence-electron chi connectivity index (χ1n) is 9.05. The maximum absolute atomic E-state index is 13.1. The molecule has 2 aromatic rings. The van der Waals surface area contributed by atoms with E-state index in [-0.39, 0.29) is 24.7 Å². The second kappa shape index (κ2) is 8.22. The third kappa shape index (κ3) is 4.98. The van der Waals surface area contributed by atoms with Crippen LogP contribution in [0, 0.1) is 0 Å². The first kappa shape index (κ1) is 22.6. The summed E-state index contributed by atoms with van der Waals surface area (Å²) < 4.78 is 78.6. The predicted octanol–water partition coefficient (Wildman–Crippen LogP) is 4.43. The zero-order chi connectivity index (χ0) is 23.0. The van der Waals surface area contributed by atoms with E-state index in [0.717, 1.165) is 0 Å². The number of carbonyl (C=O) groups is 2. The van der Waals surface area contributed by atoms with Gasteiger partial charge in [-0.15, -0.1) is 0 Å². The summed E-state index contributed by atoms with van der Waals surface area (Å²) in [6, 6.07) is 5.24. The molecule has 1 aliphatic rings. The second-order valence-electron chi connectivity index (χ2n) is 7.05. The summed E-state index contributed by atoms with van der Waals surface area (Å²) in [5, 5.41) is 8.74. The smallest absolute Gasteiger partial charge is 0.334 e. The Hall–Kier alpha value is -3.08. The number of nitrogens with one attached hydrogen (secondary N) is 1. The van der Waals surface area contributed by atoms with Gasteiger partial charge in [0.05, 0.1) is 11.1 Å². The number of halogens is 6. The van der Waals surface area contributed by atoms with Crippen LogP contribution in [0.3, 0.4) is 0 Å². The molecule has 0 aromatic heterocycles. The Kier molecular flexibility index (Phi) is 5.99. The minimum atomic E-state index is -5.05. The summed E-state index contributed by atoms with van der Waals surface area (Å²) >= 11 is 0. The fraction of sp³-hybridized carbons (Fsp3) is 0.300. The van der Waals surface area contributed by atoms with Gasteiger partial charge in [-0.25, -0.2) is 5.48 Å². The summed E-state index contributed by atoms with van der Waals surface area (Å²) in [4.78, 5) is 25.6. The summed E-state index contributed by atoms with van der Waals surface area (Å²) in [5.74, 6) is -1.69. The molecule has 0 spiro atoms. The maximum Gasteiger partial charge on any atom is 0.416 e. The van der Waals surface area contributed by atoms with E-state index >= 15 is 0 Å². The van der Waals surface area contributed by atoms with Crippen LogP contribution in [0.1, 0.15) is 49.4 Å². The molecule has 0 atom stereocenters. The molecular formula is C20H16F6N2O3. The van der Waals surface area contributed by atoms with Gasteiger partial charge in [0.2, 0.25) is 0 Å². The Morgan fingerprint density at radius 2 is 1.48 bits per heavy atom. The van der Waals surface area contributed by atoms with E-state index in [1.54, 1.807) is 0 Å². The van der Waals surface area contributed by atoms with Gasteiger partial charge in [0.1, 0.15) is 0 Å². The lowest BCUT2D eigenvalue weighted by Gasteiger charge is -2.22. The van der Waals surface area contributed by atoms with Crippen molar-refractivity contribution in [2.45, 2.75) is 31.7 Å². The summed E-state index contributed by atoms with van der Waals surface area (Å²) in [6.07, 6.45) is -9.28. The lowest BCUT2D eigenvalue weighted by molar-refractivity contribution is -0.143. The van der Waals surface area contributed by atoms with Gasteiger partial charge < -0.3 is 4.90 Å². The molecule has 0 bridgehead atoms. The molecule has 3 rings (SSSR count). The summed E-state index contributed by atoms with van der Waals surface area (Å²) in [5.41, 5.74) is -0.851. The Morgan fingerprint density at radius 3 is 2.03 bits per heavy atom. The van der Waals surface area contributed by atoms with E-state index in [9.17, 15) is 35.9 Å². The van der Waals surface area contributed by atoms with Crippen LogP contribution in [0.25, 0.3) is 0 Å². The minimum Gasteiger partial charge on any atom is -0.334 e. The van der Waals surface area contributed by atoms with Crippen LogP contribution in [0.2, 0.25) is 0 Å². The molecule has 2 N–H and O–H groups in total. The van der Waals surface area contributed by atoms with Crippen molar-refractivity contribution < 1.29 is 41.1 Å². The van der Waals surface area contributed by atoms with E-state index in [4.69, 9.17) is 5.21 Å². The Bertz CT molecular complexity index is 985. The van der Waals surface area contributed by atoms with Crippen molar-refractivity contribution in [3.05, 3.63) is 69.8 Å². The van der Waals surface area contributed by atoms with Crippen molar-refractivity contribution in [1.82, 2.24) is 10.4 Å². The molecule has 2 amide bonds. The zero-order valence-electron chi connectivity index (χ0n) is 15.8. The molecule has 0 saturated carbocycles. The lowest BCUT2D eigenvalue weighted by Crippen LogP contribution is -2.31. The van der Waals surface area contributed by atoms with Crippen LogP contribution >= 0.6 is 0 Å². The van der Waals surface area contributed by atoms with E-state index in [1.807, 2.05) is 0 Å². The number of alkyl halides is 6. The molecule has 166 valence electrons. The van der Waals surface area contributed by atoms with Crippen molar-refractivity contribution in [1.29, 1.82) is 0 Å². The standard InChI is InChI=1S/C20H16F6N2O3/c21-19(22,23)15-7-14(8-16(9-15)20(24,25)26)18(30)28-5-1-2-11-6-12(17(29)27-31)3-4-13(11)10-28/h3-4,6-9,31H,1-2,5,10H2,(H,27,29). The van der Waals surface area contributed by atoms with E-state index in [2.05, 4.69) is 0 Å². The highest BCUT2D eigenvalue weighted by Gasteiger charge is 2.38. The Morgan fingerprint density at radius 1 is 0.871 bits per heavy atom. The van der Waals surface area contributed by atoms with Crippen LogP contribution in [-0.2, 0) is 25.3 Å². The maximum atomic E-state index is 13.1. The number of fused-ring (bicyclic) bond motifs is 1. The topological polar surface area (TPSA) is 69.6 Å². The van der Waals surface area contributed by atoms with E-state index in [1.165, 1.54) is 28.6 Å². The molecule has 1 heterocycles. The third-order valence-electron chi connectivity index (χ3n) is 4.93. The fourth-order valence-corrected chi connectivity index (χ4v) is 3.40. The number of hydrogen-bond donors (Lipinski definition) is 2. The van der Waals surface area contributed by atoms with Crippen LogP contribution in [0.4, 0.5) is 26.3 Å². The molecule has 0 aliphatic carbocycles. The number of aryl methyl sites for hydroxylation is 1. The van der Waals surface area contributed by atoms with Crippen molar-refractivity contribution in [2.24, 2.45) is 0 Å². The number of amides is 2. The van der Waals surface area contributed by atoms with E-state index in [0.29, 0.717) is 36.1 Å². The van der Waals surface area contributed by atoms with Gasteiger partial charge in [-0.1, -0.05) is 6.07 Å². The van der Waals surface area contributed by atoms with Crippen molar-refractivity contribution in [3.63, 3.8) is 0 Å². The van der Waals surface area contributed by atoms with Crippen LogP contribution in [0.5, 0.6) is 0 Å². The Labute approximate surface area is 172 Å². The molecule has 0 fully saturated rings. The average molecular weight is 446 g/mol.